The molecule has 0 bridgehead atoms. The Bertz CT molecular complexity index is 3870. The van der Waals surface area contributed by atoms with E-state index < -0.39 is 12.3 Å². The van der Waals surface area contributed by atoms with Crippen molar-refractivity contribution in [1.82, 2.24) is 14.0 Å². The van der Waals surface area contributed by atoms with E-state index in [-0.39, 0.29) is 24.6 Å². The van der Waals surface area contributed by atoms with Gasteiger partial charge in [-0.15, -0.1) is 22.7 Å². The Labute approximate surface area is 567 Å². The zero-order valence-corrected chi connectivity index (χ0v) is 57.3. The lowest BCUT2D eigenvalue weighted by atomic mass is 10.1. The number of hydrogen-bond acceptors (Lipinski definition) is 16. The quantitative estimate of drug-likeness (QED) is 0.0232. The minimum atomic E-state index is -0.874. The average molecular weight is 1330 g/mol. The molecule has 2 saturated heterocycles. The van der Waals surface area contributed by atoms with Gasteiger partial charge >= 0.3 is 12.3 Å². The molecule has 0 spiro atoms. The van der Waals surface area contributed by atoms with Gasteiger partial charge in [0.25, 0.3) is 11.1 Å². The molecule has 2 aliphatic rings. The minimum absolute atomic E-state index is 0.204. The molecule has 2 N–H and O–H groups in total. The van der Waals surface area contributed by atoms with Crippen LogP contribution in [-0.2, 0) is 27.7 Å². The highest BCUT2D eigenvalue weighted by Gasteiger charge is 2.22. The number of hydrogen-bond donors (Lipinski definition) is 2. The number of fused-ring (bicyclic) bond motifs is 4. The highest BCUT2D eigenvalue weighted by atomic mass is 32.1. The standard InChI is InChI=1S/C35H45N3O5S.C33H33N3O5S.C8H18O/c1-2-3-4-5-6-8-24-42-35(40)43-27-38-32-26-29(15-13-28(32)14-16-34(38)39)41-23-9-7-18-36-19-21-37(22-20-36)31-11-10-12-33-30(31)17-25-44-33;37-32-14-12-25-11-13-27(23-30(25)36(32)24-40-33(38)41-26-7-2-1-3-8-26)39-21-5-4-16-34-17-19-35(20-18-34)29-9-6-10-31-28(29)15-22-42-31;1-2-3-4-5-6-7-8-9/h10-17,25-26H,2-9,18-24,27H2,1H3;1-3,6-15,22-23H,4-5,16-21,24H2;9H,2-8H2,1H3/p+1. The highest BCUT2D eigenvalue weighted by molar-refractivity contribution is 7.17. The van der Waals surface area contributed by atoms with Gasteiger partial charge in [0.2, 0.25) is 0 Å². The van der Waals surface area contributed by atoms with E-state index in [9.17, 15) is 19.2 Å². The topological polar surface area (TPSA) is 168 Å². The summed E-state index contributed by atoms with van der Waals surface area (Å²) >= 11 is 3.61. The Morgan fingerprint density at radius 3 is 1.55 bits per heavy atom. The van der Waals surface area contributed by atoms with Gasteiger partial charge in [-0.1, -0.05) is 108 Å². The number of thiophene rings is 2. The van der Waals surface area contributed by atoms with E-state index in [0.717, 1.165) is 128 Å². The first-order valence-corrected chi connectivity index (χ1v) is 36.2. The number of carbonyl (C=O) groups excluding carboxylic acids is 2. The van der Waals surface area contributed by atoms with Gasteiger partial charge in [0, 0.05) is 88.6 Å². The monoisotopic (exact) mass is 1330 g/mol. The summed E-state index contributed by atoms with van der Waals surface area (Å²) in [6, 6.07) is 44.1. The predicted molar refractivity (Wildman–Crippen MR) is 386 cm³/mol. The van der Waals surface area contributed by atoms with Crippen LogP contribution in [0.15, 0.2) is 160 Å². The Morgan fingerprint density at radius 2 is 0.979 bits per heavy atom. The van der Waals surface area contributed by atoms with Crippen LogP contribution < -0.4 is 40.0 Å². The van der Waals surface area contributed by atoms with E-state index in [1.54, 1.807) is 64.0 Å². The van der Waals surface area contributed by atoms with Crippen molar-refractivity contribution in [3.05, 3.63) is 171 Å². The van der Waals surface area contributed by atoms with E-state index in [4.69, 9.17) is 33.5 Å². The van der Waals surface area contributed by atoms with Crippen LogP contribution in [0.2, 0.25) is 0 Å². The second-order valence-corrected chi connectivity index (χ2v) is 26.3. The second-order valence-electron chi connectivity index (χ2n) is 24.4. The maximum atomic E-state index is 12.6. The zero-order chi connectivity index (χ0) is 66.2. The molecule has 17 nitrogen and oxygen atoms in total. The number of quaternary nitrogens is 1. The third-order valence-corrected chi connectivity index (χ3v) is 19.3. The fourth-order valence-electron chi connectivity index (χ4n) is 12.1. The normalized spacial score (nSPS) is 13.5. The fourth-order valence-corrected chi connectivity index (χ4v) is 13.7. The molecule has 95 heavy (non-hydrogen) atoms. The van der Waals surface area contributed by atoms with Gasteiger partial charge in [0.05, 0.1) is 63.6 Å². The van der Waals surface area contributed by atoms with Gasteiger partial charge < -0.3 is 48.2 Å². The number of rotatable bonds is 32. The molecule has 6 heterocycles. The molecule has 0 aliphatic carbocycles. The molecule has 508 valence electrons. The number of para-hydroxylation sites is 1. The molecule has 2 aliphatic heterocycles. The van der Waals surface area contributed by atoms with E-state index in [1.807, 2.05) is 42.5 Å². The van der Waals surface area contributed by atoms with Crippen molar-refractivity contribution in [2.24, 2.45) is 0 Å². The van der Waals surface area contributed by atoms with Crippen molar-refractivity contribution in [1.29, 1.82) is 0 Å². The summed E-state index contributed by atoms with van der Waals surface area (Å²) in [5.74, 6) is 1.75. The molecule has 2 fully saturated rings. The first kappa shape index (κ1) is 71.4. The van der Waals surface area contributed by atoms with Gasteiger partial charge in [-0.2, -0.15) is 0 Å². The van der Waals surface area contributed by atoms with E-state index in [2.05, 4.69) is 87.8 Å². The van der Waals surface area contributed by atoms with Gasteiger partial charge in [0.1, 0.15) is 17.2 Å². The van der Waals surface area contributed by atoms with Crippen molar-refractivity contribution in [3.8, 4) is 17.2 Å². The van der Waals surface area contributed by atoms with Crippen molar-refractivity contribution in [2.75, 3.05) is 102 Å². The lowest BCUT2D eigenvalue weighted by Gasteiger charge is -2.36. The molecule has 9 aromatic rings. The van der Waals surface area contributed by atoms with Crippen molar-refractivity contribution in [2.45, 2.75) is 130 Å². The van der Waals surface area contributed by atoms with Crippen molar-refractivity contribution in [3.63, 3.8) is 0 Å². The Morgan fingerprint density at radius 1 is 0.474 bits per heavy atom. The number of carbonyl (C=O) groups is 2. The smallest absolute Gasteiger partial charge is 0.494 e. The number of aromatic nitrogens is 2. The van der Waals surface area contributed by atoms with Crippen LogP contribution in [0.5, 0.6) is 17.2 Å². The SMILES string of the molecule is CCCCCCCCO.CCCCCCCCOC(=O)OCn1c(=O)ccc2ccc(OCCCCN3CCN(c4cccc5sccc45)CC3)cc21.O=C(OCn1c(=O)ccc2ccc(OCCCC[NH+]3CCN(c4cccc5sccc45)CC3)cc21)Oc1ccccc1. The number of nitrogens with one attached hydrogen (secondary N) is 1. The number of anilines is 2. The molecule has 5 aromatic carbocycles. The number of benzene rings is 5. The Hall–Kier alpha value is -7.94. The summed E-state index contributed by atoms with van der Waals surface area (Å²) in [5.41, 5.74) is 3.49. The largest absolute Gasteiger partial charge is 0.515 e. The van der Waals surface area contributed by atoms with Crippen LogP contribution in [0.25, 0.3) is 42.0 Å². The van der Waals surface area contributed by atoms with Crippen LogP contribution in [0.3, 0.4) is 0 Å². The van der Waals surface area contributed by atoms with E-state index in [0.29, 0.717) is 54.7 Å². The van der Waals surface area contributed by atoms with Gasteiger partial charge in [-0.05, 0) is 152 Å². The summed E-state index contributed by atoms with van der Waals surface area (Å²) in [4.78, 5) is 58.7. The van der Waals surface area contributed by atoms with Crippen LogP contribution in [-0.4, -0.2) is 123 Å². The number of aliphatic hydroxyl groups excluding tert-OH is 1. The van der Waals surface area contributed by atoms with Crippen LogP contribution in [0.4, 0.5) is 21.0 Å². The predicted octanol–water partition coefficient (Wildman–Crippen LogP) is 15.0. The molecule has 4 aromatic heterocycles. The lowest BCUT2D eigenvalue weighted by molar-refractivity contribution is -0.900. The molecule has 0 amide bonds. The summed E-state index contributed by atoms with van der Waals surface area (Å²) in [6.07, 6.45) is 16.6. The number of piperazine rings is 2. The highest BCUT2D eigenvalue weighted by Crippen LogP contribution is 2.33. The fraction of sp³-hybridized carbons (Fsp3) is 0.447. The molecular formula is C76H97N6O11S2+. The molecule has 0 radical (unpaired) electrons. The number of nitrogens with zero attached hydrogens (tertiary/aromatic N) is 5. The van der Waals surface area contributed by atoms with Crippen LogP contribution in [0.1, 0.15) is 117 Å². The molecule has 0 saturated carbocycles. The first-order valence-electron chi connectivity index (χ1n) is 34.5. The number of pyridine rings is 2. The van der Waals surface area contributed by atoms with Gasteiger partial charge in [-0.3, -0.25) is 23.6 Å². The summed E-state index contributed by atoms with van der Waals surface area (Å²) in [5, 5.41) is 17.2. The van der Waals surface area contributed by atoms with Gasteiger partial charge in [0.15, 0.2) is 13.5 Å². The Balaban J connectivity index is 0.000000198. The molecule has 0 atom stereocenters. The third-order valence-electron chi connectivity index (χ3n) is 17.5. The zero-order valence-electron chi connectivity index (χ0n) is 55.6. The van der Waals surface area contributed by atoms with E-state index in [1.165, 1.54) is 104 Å². The van der Waals surface area contributed by atoms with Crippen molar-refractivity contribution >= 4 is 88.3 Å². The number of ether oxygens (including phenoxy) is 6. The maximum absolute atomic E-state index is 12.6. The third kappa shape index (κ3) is 22.3. The van der Waals surface area contributed by atoms with Crippen LogP contribution >= 0.6 is 22.7 Å². The maximum Gasteiger partial charge on any atom is 0.515 e. The average Bonchev–Trinajstić information content (AvgIpc) is 1.72. The minimum Gasteiger partial charge on any atom is -0.494 e. The summed E-state index contributed by atoms with van der Waals surface area (Å²) < 4.78 is 38.5. The molecule has 19 heteroatoms. The van der Waals surface area contributed by atoms with Crippen LogP contribution in [0, 0.1) is 0 Å². The Kier molecular flexibility index (Phi) is 29.4. The number of aliphatic hydroxyl groups is 1. The van der Waals surface area contributed by atoms with E-state index >= 15 is 0 Å². The molecule has 0 unspecified atom stereocenters. The number of unbranched alkanes of at least 4 members (excludes halogenated alkanes) is 12. The summed E-state index contributed by atoms with van der Waals surface area (Å²) in [6.45, 7) is 16.7. The summed E-state index contributed by atoms with van der Waals surface area (Å²) in [7, 11) is 0. The van der Waals surface area contributed by atoms with Gasteiger partial charge in [-0.25, -0.2) is 9.59 Å². The lowest BCUT2D eigenvalue weighted by Crippen LogP contribution is -3.14. The second kappa shape index (κ2) is 39.2. The molecule has 11 rings (SSSR count). The first-order chi connectivity index (χ1) is 46.7. The van der Waals surface area contributed by atoms with Crippen molar-refractivity contribution < 1.29 is 48.0 Å². The molecular weight excluding hydrogens is 1240 g/mol.